The molecule has 7 nitrogen and oxygen atoms in total. The molecule has 9 heteroatoms. The number of hydrogen-bond donors (Lipinski definition) is 2. The number of guanidine groups is 1. The van der Waals surface area contributed by atoms with Crippen LogP contribution in [0.15, 0.2) is 4.99 Å². The van der Waals surface area contributed by atoms with Crippen LogP contribution in [0.4, 0.5) is 0 Å². The number of thiazole rings is 1. The molecule has 0 aromatic carbocycles. The maximum Gasteiger partial charge on any atom is 0.350 e. The van der Waals surface area contributed by atoms with Crippen molar-refractivity contribution in [2.45, 2.75) is 53.5 Å². The van der Waals surface area contributed by atoms with E-state index in [4.69, 9.17) is 9.73 Å². The molecule has 2 heterocycles. The van der Waals surface area contributed by atoms with E-state index in [1.165, 1.54) is 37.3 Å². The third kappa shape index (κ3) is 8.01. The summed E-state index contributed by atoms with van der Waals surface area (Å²) in [6.45, 7) is 15.5. The third-order valence-corrected chi connectivity index (χ3v) is 6.08. The van der Waals surface area contributed by atoms with Crippen molar-refractivity contribution in [1.29, 1.82) is 0 Å². The summed E-state index contributed by atoms with van der Waals surface area (Å²) in [6, 6.07) is -0.0372. The van der Waals surface area contributed by atoms with Gasteiger partial charge in [0.1, 0.15) is 9.88 Å². The van der Waals surface area contributed by atoms with E-state index in [2.05, 4.69) is 34.4 Å². The molecule has 2 N–H and O–H groups in total. The Balaban J connectivity index is 0.00000420. The summed E-state index contributed by atoms with van der Waals surface area (Å²) in [5.74, 6) is 1.12. The Morgan fingerprint density at radius 2 is 2.17 bits per heavy atom. The van der Waals surface area contributed by atoms with E-state index < -0.39 is 0 Å². The number of esters is 1. The van der Waals surface area contributed by atoms with Crippen LogP contribution in [0.5, 0.6) is 0 Å². The van der Waals surface area contributed by atoms with Gasteiger partial charge in [-0.15, -0.1) is 35.3 Å². The predicted octanol–water partition coefficient (Wildman–Crippen LogP) is 3.59. The molecule has 1 saturated heterocycles. The van der Waals surface area contributed by atoms with Gasteiger partial charge < -0.3 is 20.3 Å². The molecule has 0 radical (unpaired) electrons. The number of aromatic nitrogens is 1. The van der Waals surface area contributed by atoms with Crippen LogP contribution < -0.4 is 10.6 Å². The number of nitrogens with one attached hydrogen (secondary N) is 2. The molecular formula is C20H36IN5O2S. The quantitative estimate of drug-likeness (QED) is 0.217. The van der Waals surface area contributed by atoms with Crippen molar-refractivity contribution in [3.63, 3.8) is 0 Å². The molecule has 0 aliphatic carbocycles. The molecule has 0 spiro atoms. The lowest BCUT2D eigenvalue weighted by Gasteiger charge is -2.17. The molecule has 0 saturated carbocycles. The summed E-state index contributed by atoms with van der Waals surface area (Å²) >= 11 is 1.39. The fourth-order valence-corrected chi connectivity index (χ4v) is 4.34. The minimum Gasteiger partial charge on any atom is -0.462 e. The van der Waals surface area contributed by atoms with Crippen LogP contribution in [0.1, 0.15) is 67.0 Å². The van der Waals surface area contributed by atoms with Gasteiger partial charge in [0, 0.05) is 19.6 Å². The standard InChI is InChI=1S/C20H35N5O2S.HI/c1-6-10-25-11-9-16(13-25)12-22-20(21-7-2)24-15(5)18-23-14(4)17(28-18)19(26)27-8-3;/h15-16H,6-13H2,1-5H3,(H2,21,22,24);1H. The van der Waals surface area contributed by atoms with E-state index in [1.54, 1.807) is 0 Å². The fraction of sp³-hybridized carbons (Fsp3) is 0.750. The Kier molecular flexibility index (Phi) is 12.0. The lowest BCUT2D eigenvalue weighted by atomic mass is 10.1. The monoisotopic (exact) mass is 537 g/mol. The summed E-state index contributed by atoms with van der Waals surface area (Å²) in [5, 5.41) is 7.61. The van der Waals surface area contributed by atoms with Gasteiger partial charge in [-0.25, -0.2) is 9.78 Å². The minimum absolute atomic E-state index is 0. The second-order valence-corrected chi connectivity index (χ2v) is 8.26. The molecule has 1 aliphatic heterocycles. The van der Waals surface area contributed by atoms with Gasteiger partial charge in [0.25, 0.3) is 0 Å². The summed E-state index contributed by atoms with van der Waals surface area (Å²) in [5.41, 5.74) is 0.719. The highest BCUT2D eigenvalue weighted by molar-refractivity contribution is 14.0. The van der Waals surface area contributed by atoms with Crippen molar-refractivity contribution in [2.24, 2.45) is 10.9 Å². The van der Waals surface area contributed by atoms with Crippen LogP contribution >= 0.6 is 35.3 Å². The SMILES string of the molecule is CCCN1CCC(CN=C(NCC)NC(C)c2nc(C)c(C(=O)OCC)s2)C1.I. The van der Waals surface area contributed by atoms with Gasteiger partial charge >= 0.3 is 5.97 Å². The Labute approximate surface area is 196 Å². The van der Waals surface area contributed by atoms with E-state index in [-0.39, 0.29) is 36.0 Å². The highest BCUT2D eigenvalue weighted by Crippen LogP contribution is 2.24. The minimum atomic E-state index is -0.297. The van der Waals surface area contributed by atoms with Crippen LogP contribution in [0.25, 0.3) is 0 Å². The molecule has 1 aliphatic rings. The lowest BCUT2D eigenvalue weighted by Crippen LogP contribution is -2.39. The van der Waals surface area contributed by atoms with Crippen molar-refractivity contribution in [2.75, 3.05) is 39.3 Å². The van der Waals surface area contributed by atoms with Crippen LogP contribution in [-0.4, -0.2) is 61.1 Å². The first-order valence-electron chi connectivity index (χ1n) is 10.4. The van der Waals surface area contributed by atoms with Crippen molar-refractivity contribution in [3.8, 4) is 0 Å². The van der Waals surface area contributed by atoms with Crippen LogP contribution in [0, 0.1) is 12.8 Å². The molecule has 1 aromatic rings. The first-order valence-corrected chi connectivity index (χ1v) is 11.2. The number of halogens is 1. The average Bonchev–Trinajstić information content (AvgIpc) is 3.27. The van der Waals surface area contributed by atoms with Gasteiger partial charge in [-0.1, -0.05) is 6.92 Å². The first kappa shape index (κ1) is 26.1. The zero-order valence-corrected chi connectivity index (χ0v) is 21.4. The Hall–Kier alpha value is -0.940. The fourth-order valence-electron chi connectivity index (χ4n) is 3.38. The topological polar surface area (TPSA) is 78.9 Å². The normalized spacial score (nSPS) is 18.2. The number of hydrogen-bond acceptors (Lipinski definition) is 6. The van der Waals surface area contributed by atoms with Crippen LogP contribution in [-0.2, 0) is 4.74 Å². The van der Waals surface area contributed by atoms with Gasteiger partial charge in [-0.2, -0.15) is 0 Å². The van der Waals surface area contributed by atoms with Gasteiger partial charge in [0.05, 0.1) is 18.3 Å². The molecule has 2 rings (SSSR count). The van der Waals surface area contributed by atoms with Gasteiger partial charge in [-0.3, -0.25) is 4.99 Å². The number of likely N-dealkylation sites (tertiary alicyclic amines) is 1. The molecule has 1 fully saturated rings. The summed E-state index contributed by atoms with van der Waals surface area (Å²) < 4.78 is 5.11. The first-order chi connectivity index (χ1) is 13.5. The molecule has 0 amide bonds. The molecule has 166 valence electrons. The average molecular weight is 538 g/mol. The molecule has 0 bridgehead atoms. The number of carbonyl (C=O) groups excluding carboxylic acids is 1. The van der Waals surface area contributed by atoms with Gasteiger partial charge in [-0.05, 0) is 59.5 Å². The summed E-state index contributed by atoms with van der Waals surface area (Å²) in [6.07, 6.45) is 2.42. The second-order valence-electron chi connectivity index (χ2n) is 7.23. The Bertz CT molecular complexity index is 667. The lowest BCUT2D eigenvalue weighted by molar-refractivity contribution is 0.0531. The number of aryl methyl sites for hydroxylation is 1. The maximum absolute atomic E-state index is 12.0. The third-order valence-electron chi connectivity index (χ3n) is 4.76. The zero-order valence-electron chi connectivity index (χ0n) is 18.3. The molecule has 29 heavy (non-hydrogen) atoms. The Morgan fingerprint density at radius 1 is 1.41 bits per heavy atom. The summed E-state index contributed by atoms with van der Waals surface area (Å²) in [4.78, 5) is 24.5. The Morgan fingerprint density at radius 3 is 2.83 bits per heavy atom. The number of carbonyl (C=O) groups is 1. The van der Waals surface area contributed by atoms with Crippen molar-refractivity contribution in [1.82, 2.24) is 20.5 Å². The molecule has 1 aromatic heterocycles. The van der Waals surface area contributed by atoms with Gasteiger partial charge in [0.2, 0.25) is 0 Å². The van der Waals surface area contributed by atoms with Crippen LogP contribution in [0.2, 0.25) is 0 Å². The number of ether oxygens (including phenoxy) is 1. The highest BCUT2D eigenvalue weighted by atomic mass is 127. The number of aliphatic imine (C=N–C) groups is 1. The zero-order chi connectivity index (χ0) is 20.5. The van der Waals surface area contributed by atoms with Crippen molar-refractivity contribution < 1.29 is 9.53 Å². The van der Waals surface area contributed by atoms with Crippen molar-refractivity contribution >= 4 is 47.2 Å². The van der Waals surface area contributed by atoms with E-state index in [1.807, 2.05) is 20.8 Å². The molecular weight excluding hydrogens is 501 g/mol. The molecule has 2 atom stereocenters. The molecule has 2 unspecified atom stereocenters. The van der Waals surface area contributed by atoms with Crippen molar-refractivity contribution in [3.05, 3.63) is 15.6 Å². The second kappa shape index (κ2) is 13.4. The predicted molar refractivity (Wildman–Crippen MR) is 131 cm³/mol. The van der Waals surface area contributed by atoms with E-state index in [0.29, 0.717) is 17.4 Å². The highest BCUT2D eigenvalue weighted by Gasteiger charge is 2.22. The van der Waals surface area contributed by atoms with Gasteiger partial charge in [0.15, 0.2) is 5.96 Å². The smallest absolute Gasteiger partial charge is 0.350 e. The number of rotatable bonds is 9. The van der Waals surface area contributed by atoms with E-state index >= 15 is 0 Å². The van der Waals surface area contributed by atoms with E-state index in [0.717, 1.165) is 36.3 Å². The summed E-state index contributed by atoms with van der Waals surface area (Å²) in [7, 11) is 0. The largest absolute Gasteiger partial charge is 0.462 e. The van der Waals surface area contributed by atoms with Crippen LogP contribution in [0.3, 0.4) is 0 Å². The maximum atomic E-state index is 12.0. The number of nitrogens with zero attached hydrogens (tertiary/aromatic N) is 3. The van der Waals surface area contributed by atoms with E-state index in [9.17, 15) is 4.79 Å².